The van der Waals surface area contributed by atoms with Crippen LogP contribution in [0.1, 0.15) is 36.1 Å². The van der Waals surface area contributed by atoms with Crippen LogP contribution in [-0.2, 0) is 6.54 Å². The summed E-state index contributed by atoms with van der Waals surface area (Å²) in [6, 6.07) is 4.51. The Morgan fingerprint density at radius 2 is 1.79 bits per heavy atom. The van der Waals surface area contributed by atoms with Gasteiger partial charge in [0.15, 0.2) is 0 Å². The first kappa shape index (κ1) is 16.1. The largest absolute Gasteiger partial charge is 0.393 e. The average molecular weight is 278 g/mol. The molecule has 0 aliphatic carbocycles. The molecule has 0 aromatic heterocycles. The maximum atomic E-state index is 5.72. The molecule has 0 spiro atoms. The fourth-order valence-corrected chi connectivity index (χ4v) is 2.54. The van der Waals surface area contributed by atoms with Gasteiger partial charge in [-0.05, 0) is 44.0 Å². The number of benzene rings is 1. The van der Waals surface area contributed by atoms with Gasteiger partial charge < -0.3 is 5.73 Å². The molecule has 0 bridgehead atoms. The number of hydrogen-bond acceptors (Lipinski definition) is 2. The minimum Gasteiger partial charge on any atom is -0.393 e. The van der Waals surface area contributed by atoms with Crippen molar-refractivity contribution in [3.05, 3.63) is 34.4 Å². The fraction of sp³-hybridized carbons (Fsp3) is 0.562. The van der Waals surface area contributed by atoms with E-state index < -0.39 is 0 Å². The first-order valence-electron chi connectivity index (χ1n) is 6.93. The summed E-state index contributed by atoms with van der Waals surface area (Å²) in [4.78, 5) is 3.02. The molecule has 19 heavy (non-hydrogen) atoms. The molecule has 0 heterocycles. The standard InChI is InChI=1S/C16H26N2S/c1-6-18(9-14(5)16(17)19)10-15-12(3)7-11(2)8-13(15)4/h7-8,14H,6,9-10H2,1-5H3,(H2,17,19). The highest BCUT2D eigenvalue weighted by Crippen LogP contribution is 2.19. The van der Waals surface area contributed by atoms with Crippen molar-refractivity contribution < 1.29 is 0 Å². The third kappa shape index (κ3) is 4.59. The third-order valence-electron chi connectivity index (χ3n) is 3.69. The molecule has 0 saturated heterocycles. The second kappa shape index (κ2) is 7.01. The Morgan fingerprint density at radius 3 is 2.21 bits per heavy atom. The first-order chi connectivity index (χ1) is 8.85. The SMILES string of the molecule is CCN(Cc1c(C)cc(C)cc1C)CC(C)C(N)=S. The summed E-state index contributed by atoms with van der Waals surface area (Å²) in [5.74, 6) is 0.265. The van der Waals surface area contributed by atoms with Crippen molar-refractivity contribution in [3.8, 4) is 0 Å². The van der Waals surface area contributed by atoms with E-state index in [4.69, 9.17) is 18.0 Å². The molecular formula is C16H26N2S. The smallest absolute Gasteiger partial charge is 0.0768 e. The van der Waals surface area contributed by atoms with Gasteiger partial charge in [0.2, 0.25) is 0 Å². The van der Waals surface area contributed by atoms with Gasteiger partial charge in [0, 0.05) is 19.0 Å². The van der Waals surface area contributed by atoms with Gasteiger partial charge in [-0.15, -0.1) is 0 Å². The molecule has 3 heteroatoms. The van der Waals surface area contributed by atoms with Gasteiger partial charge in [-0.3, -0.25) is 4.90 Å². The molecule has 1 unspecified atom stereocenters. The highest BCUT2D eigenvalue weighted by Gasteiger charge is 2.13. The van der Waals surface area contributed by atoms with E-state index in [-0.39, 0.29) is 5.92 Å². The van der Waals surface area contributed by atoms with Crippen LogP contribution in [0.25, 0.3) is 0 Å². The van der Waals surface area contributed by atoms with E-state index in [1.165, 1.54) is 22.3 Å². The Balaban J connectivity index is 2.84. The zero-order chi connectivity index (χ0) is 14.6. The molecule has 2 N–H and O–H groups in total. The number of aryl methyl sites for hydroxylation is 3. The van der Waals surface area contributed by atoms with Gasteiger partial charge in [-0.25, -0.2) is 0 Å². The van der Waals surface area contributed by atoms with E-state index in [2.05, 4.69) is 51.7 Å². The van der Waals surface area contributed by atoms with Crippen LogP contribution in [0.3, 0.4) is 0 Å². The monoisotopic (exact) mass is 278 g/mol. The maximum absolute atomic E-state index is 5.72. The lowest BCUT2D eigenvalue weighted by atomic mass is 9.99. The van der Waals surface area contributed by atoms with Crippen molar-refractivity contribution in [3.63, 3.8) is 0 Å². The van der Waals surface area contributed by atoms with Crippen LogP contribution < -0.4 is 5.73 Å². The van der Waals surface area contributed by atoms with E-state index in [0.29, 0.717) is 4.99 Å². The van der Waals surface area contributed by atoms with Gasteiger partial charge in [0.05, 0.1) is 4.99 Å². The molecule has 0 radical (unpaired) electrons. The highest BCUT2D eigenvalue weighted by molar-refractivity contribution is 7.80. The minimum absolute atomic E-state index is 0.265. The molecule has 1 aromatic carbocycles. The third-order valence-corrected chi connectivity index (χ3v) is 4.09. The van der Waals surface area contributed by atoms with Crippen LogP contribution in [0, 0.1) is 26.7 Å². The predicted octanol–water partition coefficient (Wildman–Crippen LogP) is 3.36. The molecule has 0 aliphatic heterocycles. The molecule has 1 aromatic rings. The highest BCUT2D eigenvalue weighted by atomic mass is 32.1. The summed E-state index contributed by atoms with van der Waals surface area (Å²) in [5, 5.41) is 0. The fourth-order valence-electron chi connectivity index (χ4n) is 2.47. The summed E-state index contributed by atoms with van der Waals surface area (Å²) < 4.78 is 0. The molecule has 0 saturated carbocycles. The number of thiocarbonyl (C=S) groups is 1. The summed E-state index contributed by atoms with van der Waals surface area (Å²) in [6.07, 6.45) is 0. The van der Waals surface area contributed by atoms with Crippen molar-refractivity contribution in [2.24, 2.45) is 11.7 Å². The van der Waals surface area contributed by atoms with E-state index in [1.807, 2.05) is 0 Å². The first-order valence-corrected chi connectivity index (χ1v) is 7.34. The molecule has 1 rings (SSSR count). The summed E-state index contributed by atoms with van der Waals surface area (Å²) in [6.45, 7) is 13.7. The quantitative estimate of drug-likeness (QED) is 0.809. The minimum atomic E-state index is 0.265. The van der Waals surface area contributed by atoms with Gasteiger partial charge in [-0.1, -0.05) is 43.8 Å². The topological polar surface area (TPSA) is 29.3 Å². The maximum Gasteiger partial charge on any atom is 0.0768 e. The van der Waals surface area contributed by atoms with E-state index >= 15 is 0 Å². The van der Waals surface area contributed by atoms with Crippen LogP contribution >= 0.6 is 12.2 Å². The van der Waals surface area contributed by atoms with Crippen LogP contribution in [-0.4, -0.2) is 23.0 Å². The van der Waals surface area contributed by atoms with Gasteiger partial charge >= 0.3 is 0 Å². The van der Waals surface area contributed by atoms with Crippen molar-refractivity contribution >= 4 is 17.2 Å². The Labute approximate surface area is 123 Å². The Morgan fingerprint density at radius 1 is 1.26 bits per heavy atom. The number of nitrogens with two attached hydrogens (primary N) is 1. The molecule has 0 fully saturated rings. The van der Waals surface area contributed by atoms with E-state index in [9.17, 15) is 0 Å². The lowest BCUT2D eigenvalue weighted by Crippen LogP contribution is -2.33. The Hall–Kier alpha value is -0.930. The van der Waals surface area contributed by atoms with Crippen LogP contribution in [0.2, 0.25) is 0 Å². The predicted molar refractivity (Wildman–Crippen MR) is 87.6 cm³/mol. The van der Waals surface area contributed by atoms with Crippen LogP contribution in [0.5, 0.6) is 0 Å². The molecule has 1 atom stereocenters. The molecular weight excluding hydrogens is 252 g/mol. The summed E-state index contributed by atoms with van der Waals surface area (Å²) in [7, 11) is 0. The van der Waals surface area contributed by atoms with Crippen LogP contribution in [0.15, 0.2) is 12.1 Å². The zero-order valence-corrected chi connectivity index (χ0v) is 13.6. The number of nitrogens with zero attached hydrogens (tertiary/aromatic N) is 1. The van der Waals surface area contributed by atoms with Gasteiger partial charge in [0.1, 0.15) is 0 Å². The molecule has 106 valence electrons. The Bertz CT molecular complexity index is 431. The van der Waals surface area contributed by atoms with Crippen LogP contribution in [0.4, 0.5) is 0 Å². The Kier molecular flexibility index (Phi) is 5.95. The zero-order valence-electron chi connectivity index (χ0n) is 12.8. The molecule has 0 amide bonds. The van der Waals surface area contributed by atoms with E-state index in [0.717, 1.165) is 19.6 Å². The second-order valence-corrected chi connectivity index (χ2v) is 5.98. The van der Waals surface area contributed by atoms with Crippen molar-refractivity contribution in [1.29, 1.82) is 0 Å². The lowest BCUT2D eigenvalue weighted by Gasteiger charge is -2.25. The number of hydrogen-bond donors (Lipinski definition) is 1. The number of rotatable bonds is 6. The average Bonchev–Trinajstić information content (AvgIpc) is 2.31. The van der Waals surface area contributed by atoms with Gasteiger partial charge in [0.25, 0.3) is 0 Å². The summed E-state index contributed by atoms with van der Waals surface area (Å²) in [5.41, 5.74) is 11.2. The second-order valence-electron chi connectivity index (χ2n) is 5.51. The van der Waals surface area contributed by atoms with Crippen molar-refractivity contribution in [2.75, 3.05) is 13.1 Å². The lowest BCUT2D eigenvalue weighted by molar-refractivity contribution is 0.263. The van der Waals surface area contributed by atoms with Crippen molar-refractivity contribution in [2.45, 2.75) is 41.2 Å². The molecule has 0 aliphatic rings. The summed E-state index contributed by atoms with van der Waals surface area (Å²) >= 11 is 5.07. The van der Waals surface area contributed by atoms with Crippen molar-refractivity contribution in [1.82, 2.24) is 4.90 Å². The normalized spacial score (nSPS) is 12.7. The van der Waals surface area contributed by atoms with E-state index in [1.54, 1.807) is 0 Å². The molecule has 2 nitrogen and oxygen atoms in total. The van der Waals surface area contributed by atoms with Gasteiger partial charge in [-0.2, -0.15) is 0 Å².